The number of benzene rings is 1. The van der Waals surface area contributed by atoms with Gasteiger partial charge in [-0.3, -0.25) is 4.79 Å². The highest BCUT2D eigenvalue weighted by atomic mass is 35.5. The standard InChI is InChI=1S/C15H20ClN3O/c1-4-19(3)15(20)10(2)17-9-13-14(16)11-7-5-6-8-12(11)18-13/h5-8,10,17-18H,4,9H2,1-3H3. The SMILES string of the molecule is CCN(C)C(=O)C(C)NCc1[nH]c2ccccc2c1Cl. The van der Waals surface area contributed by atoms with Crippen molar-refractivity contribution >= 4 is 28.4 Å². The molecule has 0 bridgehead atoms. The number of nitrogens with zero attached hydrogens (tertiary/aromatic N) is 1. The van der Waals surface area contributed by atoms with Crippen molar-refractivity contribution in [1.29, 1.82) is 0 Å². The van der Waals surface area contributed by atoms with Crippen LogP contribution in [0, 0.1) is 0 Å². The minimum Gasteiger partial charge on any atom is -0.356 e. The van der Waals surface area contributed by atoms with Crippen molar-refractivity contribution in [2.45, 2.75) is 26.4 Å². The first-order valence-electron chi connectivity index (χ1n) is 6.78. The summed E-state index contributed by atoms with van der Waals surface area (Å²) in [6.45, 7) is 5.07. The van der Waals surface area contributed by atoms with Crippen LogP contribution < -0.4 is 5.32 Å². The van der Waals surface area contributed by atoms with E-state index in [4.69, 9.17) is 11.6 Å². The Morgan fingerprint density at radius 3 is 2.80 bits per heavy atom. The van der Waals surface area contributed by atoms with Gasteiger partial charge >= 0.3 is 0 Å². The molecule has 1 aromatic carbocycles. The molecule has 0 saturated heterocycles. The second-order valence-corrected chi connectivity index (χ2v) is 5.30. The van der Waals surface area contributed by atoms with Crippen LogP contribution in [-0.2, 0) is 11.3 Å². The van der Waals surface area contributed by atoms with Gasteiger partial charge in [0.05, 0.1) is 11.1 Å². The molecule has 4 nitrogen and oxygen atoms in total. The third-order valence-corrected chi connectivity index (χ3v) is 3.95. The zero-order valence-electron chi connectivity index (χ0n) is 12.0. The molecular formula is C15H20ClN3O. The summed E-state index contributed by atoms with van der Waals surface area (Å²) in [6.07, 6.45) is 0. The van der Waals surface area contributed by atoms with Crippen molar-refractivity contribution in [3.8, 4) is 0 Å². The van der Waals surface area contributed by atoms with Gasteiger partial charge in [0.1, 0.15) is 0 Å². The van der Waals surface area contributed by atoms with Crippen molar-refractivity contribution in [1.82, 2.24) is 15.2 Å². The topological polar surface area (TPSA) is 48.1 Å². The fraction of sp³-hybridized carbons (Fsp3) is 0.400. The highest BCUT2D eigenvalue weighted by Crippen LogP contribution is 2.26. The van der Waals surface area contributed by atoms with E-state index in [1.165, 1.54) is 0 Å². The van der Waals surface area contributed by atoms with Crippen molar-refractivity contribution in [2.24, 2.45) is 0 Å². The molecule has 0 aliphatic carbocycles. The molecule has 108 valence electrons. The summed E-state index contributed by atoms with van der Waals surface area (Å²) in [5.41, 5.74) is 1.92. The number of nitrogens with one attached hydrogen (secondary N) is 2. The molecule has 2 N–H and O–H groups in total. The molecule has 0 radical (unpaired) electrons. The van der Waals surface area contributed by atoms with E-state index in [1.54, 1.807) is 11.9 Å². The molecule has 0 saturated carbocycles. The van der Waals surface area contributed by atoms with Crippen LogP contribution in [0.4, 0.5) is 0 Å². The number of para-hydroxylation sites is 1. The van der Waals surface area contributed by atoms with Gasteiger partial charge in [-0.25, -0.2) is 0 Å². The Balaban J connectivity index is 2.06. The number of hydrogen-bond donors (Lipinski definition) is 2. The Hall–Kier alpha value is -1.52. The maximum Gasteiger partial charge on any atom is 0.239 e. The van der Waals surface area contributed by atoms with Crippen LogP contribution in [0.5, 0.6) is 0 Å². The number of amides is 1. The molecule has 2 rings (SSSR count). The molecule has 1 heterocycles. The van der Waals surface area contributed by atoms with E-state index in [-0.39, 0.29) is 11.9 Å². The molecule has 1 aromatic heterocycles. The van der Waals surface area contributed by atoms with E-state index in [0.29, 0.717) is 13.1 Å². The fourth-order valence-corrected chi connectivity index (χ4v) is 2.39. The summed E-state index contributed by atoms with van der Waals surface area (Å²) in [7, 11) is 1.80. The van der Waals surface area contributed by atoms with Crippen LogP contribution in [0.3, 0.4) is 0 Å². The van der Waals surface area contributed by atoms with Crippen LogP contribution in [0.2, 0.25) is 5.02 Å². The van der Waals surface area contributed by atoms with Crippen molar-refractivity contribution in [3.63, 3.8) is 0 Å². The average Bonchev–Trinajstić information content (AvgIpc) is 2.80. The number of likely N-dealkylation sites (N-methyl/N-ethyl adjacent to an activating group) is 1. The molecule has 20 heavy (non-hydrogen) atoms. The van der Waals surface area contributed by atoms with Crippen LogP contribution in [-0.4, -0.2) is 35.4 Å². The van der Waals surface area contributed by atoms with Crippen molar-refractivity contribution in [3.05, 3.63) is 35.0 Å². The smallest absolute Gasteiger partial charge is 0.239 e. The summed E-state index contributed by atoms with van der Waals surface area (Å²) < 4.78 is 0. The van der Waals surface area contributed by atoms with Crippen LogP contribution in [0.25, 0.3) is 10.9 Å². The average molecular weight is 294 g/mol. The second-order valence-electron chi connectivity index (χ2n) is 4.92. The second kappa shape index (κ2) is 6.29. The number of carbonyl (C=O) groups excluding carboxylic acids is 1. The Morgan fingerprint density at radius 2 is 2.15 bits per heavy atom. The lowest BCUT2D eigenvalue weighted by Crippen LogP contribution is -2.42. The fourth-order valence-electron chi connectivity index (χ4n) is 2.11. The first-order chi connectivity index (χ1) is 9.54. The van der Waals surface area contributed by atoms with E-state index >= 15 is 0 Å². The monoisotopic (exact) mass is 293 g/mol. The molecular weight excluding hydrogens is 274 g/mol. The molecule has 0 spiro atoms. The molecule has 1 amide bonds. The maximum atomic E-state index is 12.0. The van der Waals surface area contributed by atoms with Gasteiger partial charge < -0.3 is 15.2 Å². The predicted molar refractivity (Wildman–Crippen MR) is 82.9 cm³/mol. The van der Waals surface area contributed by atoms with Gasteiger partial charge in [0.25, 0.3) is 0 Å². The van der Waals surface area contributed by atoms with E-state index in [2.05, 4.69) is 10.3 Å². The number of H-pyrrole nitrogens is 1. The van der Waals surface area contributed by atoms with Gasteiger partial charge in [-0.15, -0.1) is 0 Å². The first kappa shape index (κ1) is 14.9. The molecule has 0 fully saturated rings. The largest absolute Gasteiger partial charge is 0.356 e. The lowest BCUT2D eigenvalue weighted by Gasteiger charge is -2.20. The number of aromatic amines is 1. The highest BCUT2D eigenvalue weighted by molar-refractivity contribution is 6.36. The van der Waals surface area contributed by atoms with Crippen LogP contribution >= 0.6 is 11.6 Å². The quantitative estimate of drug-likeness (QED) is 0.890. The molecule has 2 aromatic rings. The summed E-state index contributed by atoms with van der Waals surface area (Å²) in [5, 5.41) is 4.94. The number of rotatable bonds is 5. The predicted octanol–water partition coefficient (Wildman–Crippen LogP) is 2.78. The minimum atomic E-state index is -0.234. The number of fused-ring (bicyclic) bond motifs is 1. The number of halogens is 1. The Morgan fingerprint density at radius 1 is 1.45 bits per heavy atom. The lowest BCUT2D eigenvalue weighted by molar-refractivity contribution is -0.131. The number of aromatic nitrogens is 1. The molecule has 1 atom stereocenters. The van der Waals surface area contributed by atoms with Crippen molar-refractivity contribution in [2.75, 3.05) is 13.6 Å². The Kier molecular flexibility index (Phi) is 4.68. The minimum absolute atomic E-state index is 0.0831. The normalized spacial score (nSPS) is 12.6. The Labute approximate surface area is 124 Å². The third-order valence-electron chi connectivity index (χ3n) is 3.52. The van der Waals surface area contributed by atoms with Gasteiger partial charge in [0, 0.05) is 36.7 Å². The first-order valence-corrected chi connectivity index (χ1v) is 7.15. The van der Waals surface area contributed by atoms with Gasteiger partial charge in [-0.1, -0.05) is 29.8 Å². The molecule has 5 heteroatoms. The Bertz CT molecular complexity index is 608. The van der Waals surface area contributed by atoms with Gasteiger partial charge in [0.15, 0.2) is 0 Å². The number of hydrogen-bond acceptors (Lipinski definition) is 2. The molecule has 1 unspecified atom stereocenters. The summed E-state index contributed by atoms with van der Waals surface area (Å²) in [5.74, 6) is 0.0831. The van der Waals surface area contributed by atoms with E-state index in [9.17, 15) is 4.79 Å². The highest BCUT2D eigenvalue weighted by Gasteiger charge is 2.17. The van der Waals surface area contributed by atoms with Crippen LogP contribution in [0.1, 0.15) is 19.5 Å². The molecule has 0 aliphatic heterocycles. The third kappa shape index (κ3) is 2.97. The zero-order chi connectivity index (χ0) is 14.7. The van der Waals surface area contributed by atoms with Crippen molar-refractivity contribution < 1.29 is 4.79 Å². The van der Waals surface area contributed by atoms with E-state index in [0.717, 1.165) is 21.6 Å². The lowest BCUT2D eigenvalue weighted by atomic mass is 10.2. The zero-order valence-corrected chi connectivity index (χ0v) is 12.8. The molecule has 0 aliphatic rings. The van der Waals surface area contributed by atoms with E-state index in [1.807, 2.05) is 38.1 Å². The summed E-state index contributed by atoms with van der Waals surface area (Å²) in [6, 6.07) is 7.67. The number of carbonyl (C=O) groups is 1. The summed E-state index contributed by atoms with van der Waals surface area (Å²) >= 11 is 6.34. The van der Waals surface area contributed by atoms with Gasteiger partial charge in [0.2, 0.25) is 5.91 Å². The van der Waals surface area contributed by atoms with Gasteiger partial charge in [-0.2, -0.15) is 0 Å². The van der Waals surface area contributed by atoms with Gasteiger partial charge in [-0.05, 0) is 19.9 Å². The maximum absolute atomic E-state index is 12.0. The summed E-state index contributed by atoms with van der Waals surface area (Å²) in [4.78, 5) is 17.0. The van der Waals surface area contributed by atoms with E-state index < -0.39 is 0 Å². The van der Waals surface area contributed by atoms with Crippen LogP contribution in [0.15, 0.2) is 24.3 Å².